The number of aromatic amines is 1. The Labute approximate surface area is 112 Å². The summed E-state index contributed by atoms with van der Waals surface area (Å²) >= 11 is 6.60. The molecule has 0 unspecified atom stereocenters. The second-order valence-electron chi connectivity index (χ2n) is 3.31. The van der Waals surface area contributed by atoms with Gasteiger partial charge in [0.15, 0.2) is 0 Å². The van der Waals surface area contributed by atoms with Crippen LogP contribution < -0.4 is 9.60 Å². The predicted octanol–water partition coefficient (Wildman–Crippen LogP) is 0.963. The van der Waals surface area contributed by atoms with E-state index in [0.29, 0.717) is 5.69 Å². The number of sulfonamides is 1. The first-order valence-electron chi connectivity index (χ1n) is 4.75. The van der Waals surface area contributed by atoms with Gasteiger partial charge in [-0.1, -0.05) is 22.9 Å². The van der Waals surface area contributed by atoms with Crippen molar-refractivity contribution in [2.24, 2.45) is 0 Å². The minimum Gasteiger partial charge on any atom is -0.315 e. The Morgan fingerprint density at radius 3 is 2.89 bits per heavy atom. The lowest BCUT2D eigenvalue weighted by molar-refractivity contribution is 0.580. The largest absolute Gasteiger partial charge is 0.315 e. The third kappa shape index (κ3) is 3.16. The molecule has 2 rings (SSSR count). The number of nitrogens with zero attached hydrogens (tertiary/aromatic N) is 1. The van der Waals surface area contributed by atoms with Crippen LogP contribution in [0.25, 0.3) is 0 Å². The molecular formula is C9H8ClN3O3S2. The lowest BCUT2D eigenvalue weighted by Crippen LogP contribution is -2.23. The summed E-state index contributed by atoms with van der Waals surface area (Å²) in [7, 11) is -3.66. The van der Waals surface area contributed by atoms with E-state index in [2.05, 4.69) is 14.7 Å². The number of H-pyrrole nitrogens is 1. The van der Waals surface area contributed by atoms with Crippen LogP contribution in [-0.4, -0.2) is 18.4 Å². The topological polar surface area (TPSA) is 91.9 Å². The molecule has 2 heterocycles. The molecule has 0 radical (unpaired) electrons. The van der Waals surface area contributed by atoms with Gasteiger partial charge in [-0.2, -0.15) is 0 Å². The molecule has 2 N–H and O–H groups in total. The van der Waals surface area contributed by atoms with Crippen molar-refractivity contribution in [1.29, 1.82) is 0 Å². The fourth-order valence-corrected chi connectivity index (χ4v) is 3.05. The third-order valence-corrected chi connectivity index (χ3v) is 4.36. The first-order chi connectivity index (χ1) is 8.47. The number of hydrogen-bond donors (Lipinski definition) is 2. The summed E-state index contributed by atoms with van der Waals surface area (Å²) in [4.78, 5) is 16.9. The van der Waals surface area contributed by atoms with E-state index in [0.717, 1.165) is 11.3 Å². The maximum Gasteiger partial charge on any atom is 0.304 e. The van der Waals surface area contributed by atoms with E-state index in [-0.39, 0.29) is 21.5 Å². The van der Waals surface area contributed by atoms with Crippen molar-refractivity contribution < 1.29 is 8.42 Å². The molecule has 2 aromatic rings. The Morgan fingerprint density at radius 1 is 1.50 bits per heavy atom. The highest BCUT2D eigenvalue weighted by Gasteiger charge is 2.14. The van der Waals surface area contributed by atoms with Gasteiger partial charge in [-0.25, -0.2) is 18.1 Å². The molecule has 96 valence electrons. The SMILES string of the molecule is O=c1[nH]c(CNS(=O)(=O)c2ccnc(Cl)c2)cs1. The van der Waals surface area contributed by atoms with E-state index in [1.54, 1.807) is 5.38 Å². The molecule has 18 heavy (non-hydrogen) atoms. The number of halogens is 1. The van der Waals surface area contributed by atoms with Gasteiger partial charge in [0.25, 0.3) is 0 Å². The van der Waals surface area contributed by atoms with Crippen molar-refractivity contribution in [2.75, 3.05) is 0 Å². The van der Waals surface area contributed by atoms with E-state index in [9.17, 15) is 13.2 Å². The van der Waals surface area contributed by atoms with Crippen molar-refractivity contribution in [3.63, 3.8) is 0 Å². The van der Waals surface area contributed by atoms with Crippen LogP contribution in [0.3, 0.4) is 0 Å². The zero-order valence-electron chi connectivity index (χ0n) is 8.88. The second kappa shape index (κ2) is 5.19. The van der Waals surface area contributed by atoms with Gasteiger partial charge in [0.2, 0.25) is 10.0 Å². The smallest absolute Gasteiger partial charge is 0.304 e. The zero-order chi connectivity index (χ0) is 13.2. The van der Waals surface area contributed by atoms with Crippen LogP contribution in [0.1, 0.15) is 5.69 Å². The summed E-state index contributed by atoms with van der Waals surface area (Å²) in [6.45, 7) is 0.0149. The van der Waals surface area contributed by atoms with Crippen LogP contribution >= 0.6 is 22.9 Å². The number of rotatable bonds is 4. The van der Waals surface area contributed by atoms with Crippen LogP contribution in [0.4, 0.5) is 0 Å². The summed E-state index contributed by atoms with van der Waals surface area (Å²) in [6.07, 6.45) is 1.31. The first kappa shape index (κ1) is 13.2. The summed E-state index contributed by atoms with van der Waals surface area (Å²) in [6, 6.07) is 2.59. The number of nitrogens with one attached hydrogen (secondary N) is 2. The van der Waals surface area contributed by atoms with Gasteiger partial charge in [0.1, 0.15) is 5.15 Å². The first-order valence-corrected chi connectivity index (χ1v) is 7.49. The quantitative estimate of drug-likeness (QED) is 0.823. The van der Waals surface area contributed by atoms with Gasteiger partial charge in [0, 0.05) is 17.3 Å². The fourth-order valence-electron chi connectivity index (χ4n) is 1.21. The molecule has 0 aliphatic heterocycles. The van der Waals surface area contributed by atoms with Crippen molar-refractivity contribution in [2.45, 2.75) is 11.4 Å². The number of thiazole rings is 1. The Hall–Kier alpha value is -1.22. The minimum absolute atomic E-state index is 0.0149. The zero-order valence-corrected chi connectivity index (χ0v) is 11.3. The van der Waals surface area contributed by atoms with Gasteiger partial charge < -0.3 is 4.98 Å². The van der Waals surface area contributed by atoms with E-state index in [4.69, 9.17) is 11.6 Å². The number of aromatic nitrogens is 2. The molecule has 0 spiro atoms. The van der Waals surface area contributed by atoms with E-state index in [1.165, 1.54) is 18.3 Å². The molecule has 9 heteroatoms. The molecule has 0 bridgehead atoms. The summed E-state index contributed by atoms with van der Waals surface area (Å²) in [5.41, 5.74) is 0.508. The standard InChI is InChI=1S/C9H8ClN3O3S2/c10-8-3-7(1-2-11-8)18(15,16)12-4-6-5-17-9(14)13-6/h1-3,5,12H,4H2,(H,13,14). The maximum absolute atomic E-state index is 11.9. The average molecular weight is 306 g/mol. The number of hydrogen-bond acceptors (Lipinski definition) is 5. The van der Waals surface area contributed by atoms with Crippen LogP contribution in [0.2, 0.25) is 5.15 Å². The lowest BCUT2D eigenvalue weighted by atomic mass is 10.5. The van der Waals surface area contributed by atoms with Gasteiger partial charge >= 0.3 is 4.87 Å². The minimum atomic E-state index is -3.66. The van der Waals surface area contributed by atoms with Gasteiger partial charge in [-0.15, -0.1) is 0 Å². The molecule has 0 saturated carbocycles. The number of pyridine rings is 1. The molecule has 0 atom stereocenters. The Morgan fingerprint density at radius 2 is 2.28 bits per heavy atom. The molecule has 0 aromatic carbocycles. The van der Waals surface area contributed by atoms with Crippen molar-refractivity contribution in [3.05, 3.63) is 44.2 Å². The monoisotopic (exact) mass is 305 g/mol. The highest BCUT2D eigenvalue weighted by atomic mass is 35.5. The van der Waals surface area contributed by atoms with Gasteiger partial charge in [-0.05, 0) is 12.1 Å². The predicted molar refractivity (Wildman–Crippen MR) is 68.2 cm³/mol. The highest BCUT2D eigenvalue weighted by molar-refractivity contribution is 7.89. The molecule has 0 fully saturated rings. The molecule has 0 aliphatic rings. The van der Waals surface area contributed by atoms with Crippen LogP contribution in [0.15, 0.2) is 33.4 Å². The summed E-state index contributed by atoms with van der Waals surface area (Å²) < 4.78 is 26.1. The molecule has 0 saturated heterocycles. The fraction of sp³-hybridized carbons (Fsp3) is 0.111. The van der Waals surface area contributed by atoms with Crippen LogP contribution in [0, 0.1) is 0 Å². The normalized spacial score (nSPS) is 11.6. The average Bonchev–Trinajstić information content (AvgIpc) is 2.73. The second-order valence-corrected chi connectivity index (χ2v) is 6.31. The lowest BCUT2D eigenvalue weighted by Gasteiger charge is -2.05. The Bertz CT molecular complexity index is 708. The van der Waals surface area contributed by atoms with Crippen molar-refractivity contribution >= 4 is 33.0 Å². The molecular weight excluding hydrogens is 298 g/mol. The van der Waals surface area contributed by atoms with E-state index < -0.39 is 10.0 Å². The van der Waals surface area contributed by atoms with Crippen LogP contribution in [-0.2, 0) is 16.6 Å². The van der Waals surface area contributed by atoms with Gasteiger partial charge in [0.05, 0.1) is 11.4 Å². The molecule has 0 amide bonds. The Kier molecular flexibility index (Phi) is 3.81. The van der Waals surface area contributed by atoms with Crippen LogP contribution in [0.5, 0.6) is 0 Å². The van der Waals surface area contributed by atoms with E-state index >= 15 is 0 Å². The maximum atomic E-state index is 11.9. The highest BCUT2D eigenvalue weighted by Crippen LogP contribution is 2.12. The molecule has 6 nitrogen and oxygen atoms in total. The Balaban J connectivity index is 2.15. The van der Waals surface area contributed by atoms with Crippen molar-refractivity contribution in [3.8, 4) is 0 Å². The van der Waals surface area contributed by atoms with E-state index in [1.807, 2.05) is 0 Å². The van der Waals surface area contributed by atoms with Crippen molar-refractivity contribution in [1.82, 2.24) is 14.7 Å². The third-order valence-electron chi connectivity index (χ3n) is 2.03. The molecule has 2 aromatic heterocycles. The summed E-state index contributed by atoms with van der Waals surface area (Å²) in [5, 5.41) is 1.66. The summed E-state index contributed by atoms with van der Waals surface area (Å²) in [5.74, 6) is 0. The molecule has 0 aliphatic carbocycles. The van der Waals surface area contributed by atoms with Gasteiger partial charge in [-0.3, -0.25) is 4.79 Å².